The molecular formula is C18H26O2. The molecule has 2 heteroatoms. The molecule has 0 radical (unpaired) electrons. The van der Waals surface area contributed by atoms with Crippen molar-refractivity contribution < 1.29 is 9.53 Å². The first-order chi connectivity index (χ1) is 9.41. The van der Waals surface area contributed by atoms with Gasteiger partial charge in [-0.1, -0.05) is 49.6 Å². The number of carbonyl (C=O) groups is 1. The van der Waals surface area contributed by atoms with Gasteiger partial charge in [-0.3, -0.25) is 4.79 Å². The summed E-state index contributed by atoms with van der Waals surface area (Å²) < 4.78 is 5.55. The van der Waals surface area contributed by atoms with Crippen LogP contribution in [0.25, 0.3) is 0 Å². The second kappa shape index (κ2) is 5.99. The highest BCUT2D eigenvalue weighted by Gasteiger charge is 2.37. The predicted octanol–water partition coefficient (Wildman–Crippen LogP) is 4.62. The molecule has 1 aromatic rings. The van der Waals surface area contributed by atoms with Gasteiger partial charge in [0.1, 0.15) is 5.60 Å². The number of rotatable bonds is 3. The Balaban J connectivity index is 2.18. The van der Waals surface area contributed by atoms with Crippen LogP contribution in [0.3, 0.4) is 0 Å². The minimum atomic E-state index is -0.399. The van der Waals surface area contributed by atoms with Crippen LogP contribution in [0.15, 0.2) is 30.3 Å². The van der Waals surface area contributed by atoms with Crippen LogP contribution in [0.1, 0.15) is 64.9 Å². The molecule has 0 unspecified atom stereocenters. The quantitative estimate of drug-likeness (QED) is 0.752. The molecule has 2 nitrogen and oxygen atoms in total. The van der Waals surface area contributed by atoms with Crippen molar-refractivity contribution in [3.63, 3.8) is 0 Å². The van der Waals surface area contributed by atoms with Crippen molar-refractivity contribution in [2.45, 2.75) is 70.3 Å². The Kier molecular flexibility index (Phi) is 4.52. The van der Waals surface area contributed by atoms with Crippen molar-refractivity contribution in [3.05, 3.63) is 35.9 Å². The summed E-state index contributed by atoms with van der Waals surface area (Å²) in [5.74, 6) is -0.0664. The van der Waals surface area contributed by atoms with Crippen LogP contribution in [-0.4, -0.2) is 11.6 Å². The molecule has 0 saturated heterocycles. The van der Waals surface area contributed by atoms with Gasteiger partial charge in [0.15, 0.2) is 0 Å². The van der Waals surface area contributed by atoms with E-state index in [0.717, 1.165) is 12.8 Å². The van der Waals surface area contributed by atoms with Crippen LogP contribution in [-0.2, 0) is 14.9 Å². The fourth-order valence-electron chi connectivity index (χ4n) is 3.24. The van der Waals surface area contributed by atoms with Gasteiger partial charge in [-0.25, -0.2) is 0 Å². The van der Waals surface area contributed by atoms with Crippen molar-refractivity contribution >= 4 is 5.97 Å². The fourth-order valence-corrected chi connectivity index (χ4v) is 3.24. The largest absolute Gasteiger partial charge is 0.460 e. The molecule has 0 amide bonds. The van der Waals surface area contributed by atoms with Crippen molar-refractivity contribution in [2.24, 2.45) is 0 Å². The summed E-state index contributed by atoms with van der Waals surface area (Å²) in [5.41, 5.74) is 0.886. The van der Waals surface area contributed by atoms with E-state index in [1.54, 1.807) is 0 Å². The van der Waals surface area contributed by atoms with Gasteiger partial charge in [0, 0.05) is 5.41 Å². The van der Waals surface area contributed by atoms with Gasteiger partial charge < -0.3 is 4.74 Å². The molecule has 2 rings (SSSR count). The minimum absolute atomic E-state index is 0.0121. The standard InChI is InChI=1S/C18H26O2/c1-17(2,3)20-16(19)14-18(12-8-5-9-13-18)15-10-6-4-7-11-15/h4,6-7,10-11H,5,8-9,12-14H2,1-3H3. The monoisotopic (exact) mass is 274 g/mol. The molecule has 1 aliphatic rings. The van der Waals surface area contributed by atoms with Crippen LogP contribution in [0.5, 0.6) is 0 Å². The molecule has 1 aromatic carbocycles. The van der Waals surface area contributed by atoms with E-state index in [1.165, 1.54) is 24.8 Å². The zero-order valence-corrected chi connectivity index (χ0v) is 12.9. The number of ether oxygens (including phenoxy) is 1. The van der Waals surface area contributed by atoms with E-state index in [1.807, 2.05) is 26.8 Å². The maximum atomic E-state index is 12.3. The van der Waals surface area contributed by atoms with E-state index >= 15 is 0 Å². The van der Waals surface area contributed by atoms with E-state index in [4.69, 9.17) is 4.74 Å². The second-order valence-corrected chi connectivity index (χ2v) is 6.97. The van der Waals surface area contributed by atoms with E-state index in [0.29, 0.717) is 6.42 Å². The Labute approximate surface area is 122 Å². The third-order valence-electron chi connectivity index (χ3n) is 4.10. The average molecular weight is 274 g/mol. The zero-order chi connectivity index (χ0) is 14.6. The van der Waals surface area contributed by atoms with Gasteiger partial charge in [-0.2, -0.15) is 0 Å². The van der Waals surface area contributed by atoms with Crippen LogP contribution >= 0.6 is 0 Å². The summed E-state index contributed by atoms with van der Waals surface area (Å²) in [5, 5.41) is 0. The van der Waals surface area contributed by atoms with Gasteiger partial charge in [0.2, 0.25) is 0 Å². The molecule has 0 atom stereocenters. The molecule has 1 saturated carbocycles. The summed E-state index contributed by atoms with van der Waals surface area (Å²) in [6.45, 7) is 5.79. The molecule has 1 aliphatic carbocycles. The number of esters is 1. The lowest BCUT2D eigenvalue weighted by molar-refractivity contribution is -0.156. The Morgan fingerprint density at radius 1 is 1.10 bits per heavy atom. The topological polar surface area (TPSA) is 26.3 Å². The first-order valence-corrected chi connectivity index (χ1v) is 7.69. The molecule has 110 valence electrons. The van der Waals surface area contributed by atoms with Crippen molar-refractivity contribution in [2.75, 3.05) is 0 Å². The molecule has 0 bridgehead atoms. The van der Waals surface area contributed by atoms with Crippen LogP contribution in [0.4, 0.5) is 0 Å². The molecule has 0 aromatic heterocycles. The van der Waals surface area contributed by atoms with Crippen LogP contribution in [0.2, 0.25) is 0 Å². The lowest BCUT2D eigenvalue weighted by Gasteiger charge is -2.37. The smallest absolute Gasteiger partial charge is 0.307 e. The lowest BCUT2D eigenvalue weighted by Crippen LogP contribution is -2.35. The number of hydrogen-bond donors (Lipinski definition) is 0. The molecule has 0 aliphatic heterocycles. The molecule has 0 heterocycles. The average Bonchev–Trinajstić information content (AvgIpc) is 2.38. The lowest BCUT2D eigenvalue weighted by atomic mass is 9.67. The normalized spacial score (nSPS) is 18.6. The first kappa shape index (κ1) is 15.1. The molecule has 20 heavy (non-hydrogen) atoms. The first-order valence-electron chi connectivity index (χ1n) is 7.69. The highest BCUT2D eigenvalue weighted by molar-refractivity contribution is 5.72. The van der Waals surface area contributed by atoms with Crippen LogP contribution in [0, 0.1) is 0 Å². The van der Waals surface area contributed by atoms with E-state index in [2.05, 4.69) is 24.3 Å². The molecule has 0 N–H and O–H groups in total. The summed E-state index contributed by atoms with van der Waals surface area (Å²) >= 11 is 0. The molecular weight excluding hydrogens is 248 g/mol. The van der Waals surface area contributed by atoms with Crippen molar-refractivity contribution in [1.82, 2.24) is 0 Å². The summed E-state index contributed by atoms with van der Waals surface area (Å²) in [4.78, 5) is 12.3. The highest BCUT2D eigenvalue weighted by Crippen LogP contribution is 2.42. The van der Waals surface area contributed by atoms with Gasteiger partial charge in [0.05, 0.1) is 6.42 Å². The fraction of sp³-hybridized carbons (Fsp3) is 0.611. The second-order valence-electron chi connectivity index (χ2n) is 6.97. The third-order valence-corrected chi connectivity index (χ3v) is 4.10. The minimum Gasteiger partial charge on any atom is -0.460 e. The van der Waals surface area contributed by atoms with Crippen LogP contribution < -0.4 is 0 Å². The van der Waals surface area contributed by atoms with Gasteiger partial charge >= 0.3 is 5.97 Å². The Morgan fingerprint density at radius 3 is 2.25 bits per heavy atom. The number of hydrogen-bond acceptors (Lipinski definition) is 2. The third kappa shape index (κ3) is 3.84. The van der Waals surface area contributed by atoms with Gasteiger partial charge in [-0.15, -0.1) is 0 Å². The van der Waals surface area contributed by atoms with Crippen molar-refractivity contribution in [3.8, 4) is 0 Å². The number of carbonyl (C=O) groups excluding carboxylic acids is 1. The maximum absolute atomic E-state index is 12.3. The molecule has 0 spiro atoms. The predicted molar refractivity (Wildman–Crippen MR) is 81.7 cm³/mol. The van der Waals surface area contributed by atoms with Crippen molar-refractivity contribution in [1.29, 1.82) is 0 Å². The highest BCUT2D eigenvalue weighted by atomic mass is 16.6. The Bertz CT molecular complexity index is 436. The Morgan fingerprint density at radius 2 is 1.70 bits per heavy atom. The SMILES string of the molecule is CC(C)(C)OC(=O)CC1(c2ccccc2)CCCCC1. The van der Waals surface area contributed by atoms with E-state index in [9.17, 15) is 4.79 Å². The van der Waals surface area contributed by atoms with E-state index < -0.39 is 5.60 Å². The van der Waals surface area contributed by atoms with E-state index in [-0.39, 0.29) is 11.4 Å². The Hall–Kier alpha value is -1.31. The molecule has 1 fully saturated rings. The summed E-state index contributed by atoms with van der Waals surface area (Å²) in [7, 11) is 0. The summed E-state index contributed by atoms with van der Waals surface area (Å²) in [6.07, 6.45) is 6.39. The maximum Gasteiger partial charge on any atom is 0.307 e. The van der Waals surface area contributed by atoms with Gasteiger partial charge in [-0.05, 0) is 39.2 Å². The zero-order valence-electron chi connectivity index (χ0n) is 12.9. The summed E-state index contributed by atoms with van der Waals surface area (Å²) in [6, 6.07) is 10.5. The van der Waals surface area contributed by atoms with Gasteiger partial charge in [0.25, 0.3) is 0 Å². The number of benzene rings is 1.